The second-order valence-corrected chi connectivity index (χ2v) is 4.12. The van der Waals surface area contributed by atoms with Gasteiger partial charge >= 0.3 is 0 Å². The summed E-state index contributed by atoms with van der Waals surface area (Å²) in [5.41, 5.74) is 2.31. The lowest BCUT2D eigenvalue weighted by molar-refractivity contribution is 0.102. The number of benzene rings is 1. The van der Waals surface area contributed by atoms with Crippen LogP contribution in [0.1, 0.15) is 21.5 Å². The fourth-order valence-electron chi connectivity index (χ4n) is 1.75. The van der Waals surface area contributed by atoms with Crippen LogP contribution >= 0.6 is 0 Å². The SMILES string of the molecule is Cc1cc(C)cc(NC(=O)c2cnc[nH]c2=O)c1. The molecule has 1 heterocycles. The highest BCUT2D eigenvalue weighted by Crippen LogP contribution is 2.14. The van der Waals surface area contributed by atoms with E-state index in [-0.39, 0.29) is 5.56 Å². The van der Waals surface area contributed by atoms with Crippen LogP contribution in [0.15, 0.2) is 35.5 Å². The number of amides is 1. The van der Waals surface area contributed by atoms with Gasteiger partial charge in [-0.1, -0.05) is 6.07 Å². The molecule has 92 valence electrons. The van der Waals surface area contributed by atoms with Gasteiger partial charge < -0.3 is 10.3 Å². The number of hydrogen-bond acceptors (Lipinski definition) is 3. The summed E-state index contributed by atoms with van der Waals surface area (Å²) in [4.78, 5) is 29.4. The van der Waals surface area contributed by atoms with Crippen LogP contribution in [-0.2, 0) is 0 Å². The first kappa shape index (κ1) is 12.0. The van der Waals surface area contributed by atoms with Gasteiger partial charge in [-0.25, -0.2) is 4.98 Å². The maximum Gasteiger partial charge on any atom is 0.263 e. The summed E-state index contributed by atoms with van der Waals surface area (Å²) in [6, 6.07) is 5.69. The monoisotopic (exact) mass is 243 g/mol. The van der Waals surface area contributed by atoms with E-state index in [2.05, 4.69) is 15.3 Å². The Kier molecular flexibility index (Phi) is 3.23. The van der Waals surface area contributed by atoms with Crippen molar-refractivity contribution in [2.45, 2.75) is 13.8 Å². The van der Waals surface area contributed by atoms with Gasteiger partial charge in [0, 0.05) is 11.9 Å². The molecule has 2 rings (SSSR count). The van der Waals surface area contributed by atoms with Gasteiger partial charge in [-0.05, 0) is 37.1 Å². The first-order valence-corrected chi connectivity index (χ1v) is 5.48. The van der Waals surface area contributed by atoms with E-state index < -0.39 is 11.5 Å². The highest BCUT2D eigenvalue weighted by molar-refractivity contribution is 6.03. The lowest BCUT2D eigenvalue weighted by atomic mass is 10.1. The van der Waals surface area contributed by atoms with Crippen molar-refractivity contribution in [3.63, 3.8) is 0 Å². The average molecular weight is 243 g/mol. The number of H-pyrrole nitrogens is 1. The Balaban J connectivity index is 2.27. The lowest BCUT2D eigenvalue weighted by Gasteiger charge is -2.06. The van der Waals surface area contributed by atoms with Crippen LogP contribution in [0.2, 0.25) is 0 Å². The molecule has 18 heavy (non-hydrogen) atoms. The van der Waals surface area contributed by atoms with Crippen molar-refractivity contribution in [3.05, 3.63) is 57.8 Å². The van der Waals surface area contributed by atoms with Crippen LogP contribution in [0.3, 0.4) is 0 Å². The van der Waals surface area contributed by atoms with E-state index in [9.17, 15) is 9.59 Å². The molecule has 0 radical (unpaired) electrons. The van der Waals surface area contributed by atoms with Gasteiger partial charge in [-0.3, -0.25) is 9.59 Å². The molecule has 0 fully saturated rings. The quantitative estimate of drug-likeness (QED) is 0.842. The fourth-order valence-corrected chi connectivity index (χ4v) is 1.75. The van der Waals surface area contributed by atoms with Gasteiger partial charge in [-0.15, -0.1) is 0 Å². The van der Waals surface area contributed by atoms with Gasteiger partial charge in [0.2, 0.25) is 0 Å². The summed E-state index contributed by atoms with van der Waals surface area (Å²) in [6.45, 7) is 3.89. The van der Waals surface area contributed by atoms with Crippen molar-refractivity contribution < 1.29 is 4.79 Å². The number of aromatic nitrogens is 2. The molecule has 1 aromatic heterocycles. The number of anilines is 1. The minimum absolute atomic E-state index is 0.00309. The minimum Gasteiger partial charge on any atom is -0.322 e. The first-order valence-electron chi connectivity index (χ1n) is 5.48. The van der Waals surface area contributed by atoms with E-state index in [1.807, 2.05) is 32.0 Å². The van der Waals surface area contributed by atoms with E-state index in [1.165, 1.54) is 12.5 Å². The molecular formula is C13H13N3O2. The predicted octanol–water partition coefficient (Wildman–Crippen LogP) is 1.64. The van der Waals surface area contributed by atoms with E-state index in [0.29, 0.717) is 5.69 Å². The molecular weight excluding hydrogens is 230 g/mol. The summed E-state index contributed by atoms with van der Waals surface area (Å²) in [6.07, 6.45) is 2.49. The fraction of sp³-hybridized carbons (Fsp3) is 0.154. The van der Waals surface area contributed by atoms with Crippen LogP contribution in [0.25, 0.3) is 0 Å². The maximum atomic E-state index is 11.9. The summed E-state index contributed by atoms with van der Waals surface area (Å²) < 4.78 is 0. The summed E-state index contributed by atoms with van der Waals surface area (Å²) in [7, 11) is 0. The second kappa shape index (κ2) is 4.83. The Bertz CT molecular complexity index is 626. The molecule has 0 saturated carbocycles. The van der Waals surface area contributed by atoms with E-state index in [4.69, 9.17) is 0 Å². The van der Waals surface area contributed by atoms with E-state index >= 15 is 0 Å². The topological polar surface area (TPSA) is 74.8 Å². The summed E-state index contributed by atoms with van der Waals surface area (Å²) in [5.74, 6) is -0.464. The minimum atomic E-state index is -0.464. The number of rotatable bonds is 2. The third-order valence-electron chi connectivity index (χ3n) is 2.44. The number of carbonyl (C=O) groups excluding carboxylic acids is 1. The van der Waals surface area contributed by atoms with Crippen molar-refractivity contribution in [1.82, 2.24) is 9.97 Å². The summed E-state index contributed by atoms with van der Waals surface area (Å²) >= 11 is 0. The smallest absolute Gasteiger partial charge is 0.263 e. The Morgan fingerprint density at radius 2 is 1.89 bits per heavy atom. The summed E-state index contributed by atoms with van der Waals surface area (Å²) in [5, 5.41) is 2.68. The van der Waals surface area contributed by atoms with Crippen LogP contribution in [0.5, 0.6) is 0 Å². The molecule has 0 atom stereocenters. The number of aryl methyl sites for hydroxylation is 2. The van der Waals surface area contributed by atoms with E-state index in [0.717, 1.165) is 11.1 Å². The highest BCUT2D eigenvalue weighted by Gasteiger charge is 2.10. The molecule has 0 aliphatic carbocycles. The Labute approximate surface area is 104 Å². The molecule has 5 nitrogen and oxygen atoms in total. The molecule has 0 aliphatic heterocycles. The molecule has 0 aliphatic rings. The average Bonchev–Trinajstić information content (AvgIpc) is 2.27. The van der Waals surface area contributed by atoms with E-state index in [1.54, 1.807) is 0 Å². The van der Waals surface area contributed by atoms with Gasteiger partial charge in [-0.2, -0.15) is 0 Å². The predicted molar refractivity (Wildman–Crippen MR) is 68.7 cm³/mol. The van der Waals surface area contributed by atoms with Crippen molar-refractivity contribution >= 4 is 11.6 Å². The van der Waals surface area contributed by atoms with Gasteiger partial charge in [0.05, 0.1) is 6.33 Å². The van der Waals surface area contributed by atoms with Crippen LogP contribution in [0, 0.1) is 13.8 Å². The normalized spacial score (nSPS) is 10.1. The zero-order chi connectivity index (χ0) is 13.1. The van der Waals surface area contributed by atoms with Gasteiger partial charge in [0.25, 0.3) is 11.5 Å². The van der Waals surface area contributed by atoms with Crippen LogP contribution < -0.4 is 10.9 Å². The van der Waals surface area contributed by atoms with Crippen LogP contribution in [0.4, 0.5) is 5.69 Å². The molecule has 0 saturated heterocycles. The number of carbonyl (C=O) groups is 1. The standard InChI is InChI=1S/C13H13N3O2/c1-8-3-9(2)5-10(4-8)16-13(18)11-6-14-7-15-12(11)17/h3-7H,1-2H3,(H,16,18)(H,14,15,17). The first-order chi connectivity index (χ1) is 8.56. The Hall–Kier alpha value is -2.43. The number of nitrogens with zero attached hydrogens (tertiary/aromatic N) is 1. The molecule has 0 unspecified atom stereocenters. The molecule has 1 amide bonds. The number of aromatic amines is 1. The number of hydrogen-bond donors (Lipinski definition) is 2. The third-order valence-corrected chi connectivity index (χ3v) is 2.44. The number of nitrogens with one attached hydrogen (secondary N) is 2. The molecule has 0 bridgehead atoms. The van der Waals surface area contributed by atoms with Crippen molar-refractivity contribution in [2.24, 2.45) is 0 Å². The largest absolute Gasteiger partial charge is 0.322 e. The Morgan fingerprint density at radius 3 is 2.50 bits per heavy atom. The van der Waals surface area contributed by atoms with Gasteiger partial charge in [0.15, 0.2) is 0 Å². The maximum absolute atomic E-state index is 11.9. The molecule has 5 heteroatoms. The zero-order valence-electron chi connectivity index (χ0n) is 10.2. The highest BCUT2D eigenvalue weighted by atomic mass is 16.2. The van der Waals surface area contributed by atoms with Gasteiger partial charge in [0.1, 0.15) is 5.56 Å². The Morgan fingerprint density at radius 1 is 1.22 bits per heavy atom. The second-order valence-electron chi connectivity index (χ2n) is 4.12. The lowest BCUT2D eigenvalue weighted by Crippen LogP contribution is -2.23. The molecule has 2 aromatic rings. The molecule has 1 aromatic carbocycles. The van der Waals surface area contributed by atoms with Crippen molar-refractivity contribution in [2.75, 3.05) is 5.32 Å². The van der Waals surface area contributed by atoms with Crippen molar-refractivity contribution in [1.29, 1.82) is 0 Å². The zero-order valence-corrected chi connectivity index (χ0v) is 10.2. The molecule has 0 spiro atoms. The van der Waals surface area contributed by atoms with Crippen molar-refractivity contribution in [3.8, 4) is 0 Å². The molecule has 2 N–H and O–H groups in total. The van der Waals surface area contributed by atoms with Crippen LogP contribution in [-0.4, -0.2) is 15.9 Å². The third kappa shape index (κ3) is 2.63.